The Morgan fingerprint density at radius 2 is 2.00 bits per heavy atom. The Balaban J connectivity index is 1.04. The van der Waals surface area contributed by atoms with E-state index in [1.54, 1.807) is 34.6 Å². The summed E-state index contributed by atoms with van der Waals surface area (Å²) in [5.41, 5.74) is 1.65. The maximum atomic E-state index is 15.0. The first kappa shape index (κ1) is 27.6. The molecule has 3 amide bonds. The minimum absolute atomic E-state index is 0.0567. The van der Waals surface area contributed by atoms with Crippen LogP contribution in [0, 0.1) is 0 Å². The van der Waals surface area contributed by atoms with Gasteiger partial charge in [-0.1, -0.05) is 6.08 Å². The van der Waals surface area contributed by atoms with Crippen LogP contribution in [0.2, 0.25) is 0 Å². The minimum atomic E-state index is -0.437. The molecule has 2 aromatic rings. The molecule has 11 nitrogen and oxygen atoms in total. The lowest BCUT2D eigenvalue weighted by atomic mass is 10.1. The molecule has 2 aliphatic heterocycles. The predicted octanol–water partition coefficient (Wildman–Crippen LogP) is 2.88. The summed E-state index contributed by atoms with van der Waals surface area (Å²) in [6.07, 6.45) is 11.2. The maximum Gasteiger partial charge on any atom is 0.315 e. The molecule has 2 atom stereocenters. The molecular weight excluding hydrogens is 549 g/mol. The van der Waals surface area contributed by atoms with Gasteiger partial charge in [0.15, 0.2) is 5.76 Å². The van der Waals surface area contributed by atoms with Crippen LogP contribution >= 0.6 is 11.3 Å². The first-order valence-corrected chi connectivity index (χ1v) is 14.9. The van der Waals surface area contributed by atoms with E-state index in [9.17, 15) is 14.0 Å². The maximum absolute atomic E-state index is 15.0. The number of aromatic nitrogens is 2. The number of aliphatic hydroxyl groups excluding tert-OH is 1. The number of urea groups is 1. The van der Waals surface area contributed by atoms with Gasteiger partial charge in [-0.25, -0.2) is 14.2 Å². The molecule has 2 fully saturated rings. The van der Waals surface area contributed by atoms with Gasteiger partial charge in [0, 0.05) is 70.6 Å². The van der Waals surface area contributed by atoms with Gasteiger partial charge in [0.1, 0.15) is 18.5 Å². The first-order chi connectivity index (χ1) is 19.9. The lowest BCUT2D eigenvalue weighted by molar-refractivity contribution is -0.135. The van der Waals surface area contributed by atoms with E-state index in [0.29, 0.717) is 19.5 Å². The van der Waals surface area contributed by atoms with Crippen LogP contribution in [-0.4, -0.2) is 94.0 Å². The second-order valence-corrected chi connectivity index (χ2v) is 11.8. The van der Waals surface area contributed by atoms with E-state index in [2.05, 4.69) is 30.1 Å². The molecule has 2 aromatic heterocycles. The zero-order valence-corrected chi connectivity index (χ0v) is 23.5. The van der Waals surface area contributed by atoms with Crippen molar-refractivity contribution in [2.24, 2.45) is 4.99 Å². The molecule has 1 saturated heterocycles. The second-order valence-electron chi connectivity index (χ2n) is 10.7. The number of amides is 3. The van der Waals surface area contributed by atoms with E-state index in [0.717, 1.165) is 60.2 Å². The van der Waals surface area contributed by atoms with Gasteiger partial charge in [0.2, 0.25) is 5.91 Å². The van der Waals surface area contributed by atoms with Gasteiger partial charge in [-0.2, -0.15) is 0 Å². The van der Waals surface area contributed by atoms with Crippen LogP contribution in [0.5, 0.6) is 0 Å². The van der Waals surface area contributed by atoms with Crippen LogP contribution in [0.4, 0.5) is 14.9 Å². The van der Waals surface area contributed by atoms with Crippen molar-refractivity contribution in [1.82, 2.24) is 30.0 Å². The molecule has 218 valence electrons. The standard InChI is InChI=1S/C28H34FN7O4S/c29-20-13-19(33-28(39)32-18-1-2-18)3-4-23(20)40-24-5-6-30-21-14-25(41-27(21)24)22-15-35(17-31-22)8-7-34-9-11-36(12-10-34)26(38)16-37/h3-4,6,14-15,17-19,24,37H,1-2,5,7-13,16H2,(H2,32,33,39). The van der Waals surface area contributed by atoms with Crippen LogP contribution < -0.4 is 10.6 Å². The number of carbonyl (C=O) groups is 2. The number of nitrogens with one attached hydrogen (secondary N) is 2. The van der Waals surface area contributed by atoms with E-state index in [1.807, 2.05) is 18.6 Å². The summed E-state index contributed by atoms with van der Waals surface area (Å²) in [6.45, 7) is 4.00. The monoisotopic (exact) mass is 583 g/mol. The quantitative estimate of drug-likeness (QED) is 0.417. The fraction of sp³-hybridized carbons (Fsp3) is 0.500. The number of piperazine rings is 1. The SMILES string of the molecule is O=C(NC1C=CC(OC2CC=Nc3cc(-c4cn(CCN5CCN(C(=O)CO)CC5)cn4)sc32)=C(F)C1)NC1CC1. The highest BCUT2D eigenvalue weighted by atomic mass is 32.1. The number of nitrogens with zero attached hydrogens (tertiary/aromatic N) is 5. The highest BCUT2D eigenvalue weighted by molar-refractivity contribution is 7.16. The largest absolute Gasteiger partial charge is 0.482 e. The number of aliphatic imine (C=N–C) groups is 1. The van der Waals surface area contributed by atoms with Gasteiger partial charge >= 0.3 is 6.03 Å². The van der Waals surface area contributed by atoms with Crippen molar-refractivity contribution < 1.29 is 23.8 Å². The number of imidazole rings is 1. The number of thiophene rings is 1. The van der Waals surface area contributed by atoms with Gasteiger partial charge in [-0.05, 0) is 25.0 Å². The highest BCUT2D eigenvalue weighted by Crippen LogP contribution is 2.45. The fourth-order valence-corrected chi connectivity index (χ4v) is 6.24. The Morgan fingerprint density at radius 1 is 1.17 bits per heavy atom. The van der Waals surface area contributed by atoms with Crippen molar-refractivity contribution in [3.63, 3.8) is 0 Å². The third-order valence-corrected chi connectivity index (χ3v) is 8.89. The number of halogens is 1. The molecule has 0 aromatic carbocycles. The smallest absolute Gasteiger partial charge is 0.315 e. The lowest BCUT2D eigenvalue weighted by Gasteiger charge is -2.34. The average molecular weight is 584 g/mol. The summed E-state index contributed by atoms with van der Waals surface area (Å²) < 4.78 is 23.1. The van der Waals surface area contributed by atoms with Crippen molar-refractivity contribution in [3.05, 3.63) is 47.2 Å². The Labute approximate surface area is 241 Å². The van der Waals surface area contributed by atoms with Crippen LogP contribution in [0.25, 0.3) is 10.6 Å². The first-order valence-electron chi connectivity index (χ1n) is 14.0. The van der Waals surface area contributed by atoms with E-state index < -0.39 is 12.6 Å². The number of fused-ring (bicyclic) bond motifs is 1. The average Bonchev–Trinajstić information content (AvgIpc) is 3.47. The molecule has 13 heteroatoms. The third-order valence-electron chi connectivity index (χ3n) is 7.65. The topological polar surface area (TPSA) is 124 Å². The summed E-state index contributed by atoms with van der Waals surface area (Å²) in [5.74, 6) is -0.407. The minimum Gasteiger partial charge on any atom is -0.482 e. The summed E-state index contributed by atoms with van der Waals surface area (Å²) in [4.78, 5) is 38.7. The molecular formula is C28H34FN7O4S. The summed E-state index contributed by atoms with van der Waals surface area (Å²) >= 11 is 1.55. The van der Waals surface area contributed by atoms with E-state index in [1.165, 1.54) is 0 Å². The van der Waals surface area contributed by atoms with E-state index in [-0.39, 0.29) is 42.1 Å². The van der Waals surface area contributed by atoms with Crippen molar-refractivity contribution >= 4 is 35.2 Å². The van der Waals surface area contributed by atoms with Crippen LogP contribution in [0.15, 0.2) is 47.3 Å². The molecule has 2 aliphatic carbocycles. The molecule has 4 heterocycles. The number of rotatable bonds is 9. The van der Waals surface area contributed by atoms with Crippen LogP contribution in [0.1, 0.15) is 36.7 Å². The molecule has 6 rings (SSSR count). The zero-order valence-electron chi connectivity index (χ0n) is 22.7. The molecule has 0 bridgehead atoms. The highest BCUT2D eigenvalue weighted by Gasteiger charge is 2.29. The van der Waals surface area contributed by atoms with Gasteiger partial charge in [0.25, 0.3) is 0 Å². The predicted molar refractivity (Wildman–Crippen MR) is 153 cm³/mol. The van der Waals surface area contributed by atoms with E-state index in [4.69, 9.17) is 9.84 Å². The summed E-state index contributed by atoms with van der Waals surface area (Å²) in [7, 11) is 0. The van der Waals surface area contributed by atoms with Gasteiger partial charge in [-0.3, -0.25) is 14.7 Å². The molecule has 3 N–H and O–H groups in total. The van der Waals surface area contributed by atoms with Crippen LogP contribution in [-0.2, 0) is 16.1 Å². The molecule has 0 radical (unpaired) electrons. The number of ether oxygens (including phenoxy) is 1. The number of aliphatic hydroxyl groups is 1. The van der Waals surface area contributed by atoms with Gasteiger partial charge in [-0.15, -0.1) is 11.3 Å². The Bertz CT molecular complexity index is 1370. The van der Waals surface area contributed by atoms with Gasteiger partial charge < -0.3 is 29.9 Å². The van der Waals surface area contributed by atoms with Gasteiger partial charge in [0.05, 0.1) is 33.5 Å². The van der Waals surface area contributed by atoms with E-state index >= 15 is 0 Å². The zero-order chi connectivity index (χ0) is 28.3. The third kappa shape index (κ3) is 6.68. The summed E-state index contributed by atoms with van der Waals surface area (Å²) in [6, 6.07) is 1.56. The lowest BCUT2D eigenvalue weighted by Crippen LogP contribution is -2.50. The summed E-state index contributed by atoms with van der Waals surface area (Å²) in [5, 5.41) is 14.7. The number of allylic oxidation sites excluding steroid dienone is 1. The van der Waals surface area contributed by atoms with Crippen molar-refractivity contribution in [3.8, 4) is 10.6 Å². The number of hydrogen-bond donors (Lipinski definition) is 3. The Hall–Kier alpha value is -3.55. The molecule has 2 unspecified atom stereocenters. The van der Waals surface area contributed by atoms with Crippen molar-refractivity contribution in [2.45, 2.75) is 50.4 Å². The Morgan fingerprint density at radius 3 is 2.76 bits per heavy atom. The molecule has 0 spiro atoms. The normalized spacial score (nSPS) is 22.5. The van der Waals surface area contributed by atoms with Crippen molar-refractivity contribution in [1.29, 1.82) is 0 Å². The molecule has 41 heavy (non-hydrogen) atoms. The molecule has 1 saturated carbocycles. The Kier molecular flexibility index (Phi) is 8.17. The fourth-order valence-electron chi connectivity index (χ4n) is 5.13. The number of hydrogen-bond acceptors (Lipinski definition) is 8. The van der Waals surface area contributed by atoms with Crippen LogP contribution in [0.3, 0.4) is 0 Å². The second kappa shape index (κ2) is 12.1. The number of carbonyl (C=O) groups excluding carboxylic acids is 2. The van der Waals surface area contributed by atoms with Crippen molar-refractivity contribution in [2.75, 3.05) is 39.3 Å². The molecule has 4 aliphatic rings.